The van der Waals surface area contributed by atoms with Gasteiger partial charge in [0.15, 0.2) is 0 Å². The summed E-state index contributed by atoms with van der Waals surface area (Å²) in [6, 6.07) is 5.52. The van der Waals surface area contributed by atoms with Crippen molar-refractivity contribution < 1.29 is 19.1 Å². The maximum atomic E-state index is 12.6. The first kappa shape index (κ1) is 20.7. The summed E-state index contributed by atoms with van der Waals surface area (Å²) in [7, 11) is 1.41. The van der Waals surface area contributed by atoms with Gasteiger partial charge in [-0.3, -0.25) is 4.79 Å². The average molecular weight is 427 g/mol. The van der Waals surface area contributed by atoms with E-state index in [1.54, 1.807) is 4.90 Å². The first-order valence-electron chi connectivity index (χ1n) is 8.76. The first-order chi connectivity index (χ1) is 12.1. The molecule has 1 aromatic rings. The molecule has 1 amide bonds. The Bertz CT molecular complexity index is 674. The number of nitrogens with zero attached hydrogens (tertiary/aromatic N) is 2. The van der Waals surface area contributed by atoms with Crippen molar-refractivity contribution in [3.63, 3.8) is 0 Å². The molecule has 144 valence electrons. The molecule has 0 saturated carbocycles. The predicted molar refractivity (Wildman–Crippen MR) is 102 cm³/mol. The topological polar surface area (TPSA) is 68.7 Å². The van der Waals surface area contributed by atoms with Crippen molar-refractivity contribution in [1.82, 2.24) is 9.88 Å². The Morgan fingerprint density at radius 3 is 2.62 bits per heavy atom. The van der Waals surface area contributed by atoms with Gasteiger partial charge in [0.25, 0.3) is 0 Å². The fourth-order valence-corrected chi connectivity index (χ4v) is 3.83. The van der Waals surface area contributed by atoms with Crippen molar-refractivity contribution in [3.8, 4) is 0 Å². The second-order valence-corrected chi connectivity index (χ2v) is 8.69. The van der Waals surface area contributed by atoms with Crippen LogP contribution in [0.25, 0.3) is 0 Å². The number of likely N-dealkylation sites (tertiary alicyclic amines) is 1. The third kappa shape index (κ3) is 4.96. The SMILES string of the molecule is COC(=O)C1(Cc2cccc(Br)n2)CCN(C(=O)OC(C)(C)C)C(C)C1. The molecule has 1 aliphatic rings. The van der Waals surface area contributed by atoms with E-state index < -0.39 is 11.0 Å². The Morgan fingerprint density at radius 1 is 1.38 bits per heavy atom. The maximum Gasteiger partial charge on any atom is 0.410 e. The number of hydrogen-bond donors (Lipinski definition) is 0. The Labute approximate surface area is 163 Å². The van der Waals surface area contributed by atoms with Gasteiger partial charge in [-0.2, -0.15) is 0 Å². The van der Waals surface area contributed by atoms with E-state index in [4.69, 9.17) is 9.47 Å². The largest absolute Gasteiger partial charge is 0.469 e. The van der Waals surface area contributed by atoms with E-state index in [1.807, 2.05) is 45.9 Å². The highest BCUT2D eigenvalue weighted by atomic mass is 79.9. The highest BCUT2D eigenvalue weighted by Gasteiger charge is 2.47. The number of piperidine rings is 1. The number of esters is 1. The zero-order valence-electron chi connectivity index (χ0n) is 16.0. The van der Waals surface area contributed by atoms with Crippen LogP contribution in [-0.2, 0) is 20.7 Å². The van der Waals surface area contributed by atoms with Gasteiger partial charge >= 0.3 is 12.1 Å². The van der Waals surface area contributed by atoms with Gasteiger partial charge in [-0.15, -0.1) is 0 Å². The molecule has 0 aromatic carbocycles. The number of amides is 1. The molecule has 2 heterocycles. The minimum atomic E-state index is -0.694. The number of methoxy groups -OCH3 is 1. The molecule has 0 aliphatic carbocycles. The fraction of sp³-hybridized carbons (Fsp3) is 0.632. The van der Waals surface area contributed by atoms with E-state index in [1.165, 1.54) is 7.11 Å². The highest BCUT2D eigenvalue weighted by molar-refractivity contribution is 9.10. The molecule has 2 rings (SSSR count). The van der Waals surface area contributed by atoms with Gasteiger partial charge in [-0.05, 0) is 68.6 Å². The number of ether oxygens (including phenoxy) is 2. The van der Waals surface area contributed by atoms with Gasteiger partial charge in [-0.25, -0.2) is 9.78 Å². The Hall–Kier alpha value is -1.63. The van der Waals surface area contributed by atoms with E-state index in [9.17, 15) is 9.59 Å². The molecule has 7 heteroatoms. The molecule has 0 bridgehead atoms. The Morgan fingerprint density at radius 2 is 2.08 bits per heavy atom. The number of hydrogen-bond acceptors (Lipinski definition) is 5. The summed E-state index contributed by atoms with van der Waals surface area (Å²) >= 11 is 3.37. The van der Waals surface area contributed by atoms with Gasteiger partial charge in [0.05, 0.1) is 12.5 Å². The van der Waals surface area contributed by atoms with E-state index in [-0.39, 0.29) is 18.1 Å². The summed E-state index contributed by atoms with van der Waals surface area (Å²) in [6.45, 7) is 7.92. The van der Waals surface area contributed by atoms with Crippen LogP contribution in [0.4, 0.5) is 4.79 Å². The van der Waals surface area contributed by atoms with E-state index >= 15 is 0 Å². The Balaban J connectivity index is 2.20. The predicted octanol–water partition coefficient (Wildman–Crippen LogP) is 3.97. The van der Waals surface area contributed by atoms with Crippen LogP contribution in [0.1, 0.15) is 46.2 Å². The molecular weight excluding hydrogens is 400 g/mol. The van der Waals surface area contributed by atoms with Crippen LogP contribution in [0.3, 0.4) is 0 Å². The van der Waals surface area contributed by atoms with Crippen molar-refractivity contribution in [2.45, 2.75) is 58.6 Å². The molecule has 0 N–H and O–H groups in total. The molecule has 1 aromatic heterocycles. The molecule has 1 fully saturated rings. The standard InChI is InChI=1S/C19H27BrN2O4/c1-13-11-19(16(23)25-5,12-14-7-6-8-15(20)21-14)9-10-22(13)17(24)26-18(2,3)4/h6-8,13H,9-12H2,1-5H3. The molecular formula is C19H27BrN2O4. The van der Waals surface area contributed by atoms with E-state index in [2.05, 4.69) is 20.9 Å². The summed E-state index contributed by atoms with van der Waals surface area (Å²) in [5, 5.41) is 0. The van der Waals surface area contributed by atoms with Crippen molar-refractivity contribution in [2.75, 3.05) is 13.7 Å². The van der Waals surface area contributed by atoms with Gasteiger partial charge in [0.2, 0.25) is 0 Å². The van der Waals surface area contributed by atoms with Gasteiger partial charge in [-0.1, -0.05) is 6.07 Å². The van der Waals surface area contributed by atoms with Crippen molar-refractivity contribution in [3.05, 3.63) is 28.5 Å². The number of halogens is 1. The van der Waals surface area contributed by atoms with Crippen LogP contribution in [-0.4, -0.2) is 47.2 Å². The van der Waals surface area contributed by atoms with Crippen LogP contribution < -0.4 is 0 Å². The first-order valence-corrected chi connectivity index (χ1v) is 9.55. The lowest BCUT2D eigenvalue weighted by Crippen LogP contribution is -2.53. The third-order valence-corrected chi connectivity index (χ3v) is 5.03. The van der Waals surface area contributed by atoms with Crippen LogP contribution in [0.2, 0.25) is 0 Å². The molecule has 0 radical (unpaired) electrons. The van der Waals surface area contributed by atoms with Crippen LogP contribution in [0, 0.1) is 5.41 Å². The number of aromatic nitrogens is 1. The van der Waals surface area contributed by atoms with E-state index in [0.717, 1.165) is 10.3 Å². The minimum Gasteiger partial charge on any atom is -0.469 e. The second kappa shape index (κ2) is 7.94. The fourth-order valence-electron chi connectivity index (χ4n) is 3.45. The van der Waals surface area contributed by atoms with Gasteiger partial charge in [0, 0.05) is 24.7 Å². The normalized spacial score (nSPS) is 23.5. The monoisotopic (exact) mass is 426 g/mol. The number of carbonyl (C=O) groups is 2. The summed E-state index contributed by atoms with van der Waals surface area (Å²) in [5.41, 5.74) is -0.420. The van der Waals surface area contributed by atoms with Crippen molar-refractivity contribution in [2.24, 2.45) is 5.41 Å². The quantitative estimate of drug-likeness (QED) is 0.540. The number of rotatable bonds is 3. The van der Waals surface area contributed by atoms with Crippen LogP contribution in [0.5, 0.6) is 0 Å². The molecule has 6 nitrogen and oxygen atoms in total. The summed E-state index contributed by atoms with van der Waals surface area (Å²) in [5.74, 6) is -0.255. The third-order valence-electron chi connectivity index (χ3n) is 4.59. The molecule has 2 atom stereocenters. The summed E-state index contributed by atoms with van der Waals surface area (Å²) in [6.07, 6.45) is 1.15. The average Bonchev–Trinajstić information content (AvgIpc) is 2.52. The van der Waals surface area contributed by atoms with Crippen molar-refractivity contribution >= 4 is 28.0 Å². The van der Waals surface area contributed by atoms with Gasteiger partial charge < -0.3 is 14.4 Å². The number of carbonyl (C=O) groups excluding carboxylic acids is 2. The highest BCUT2D eigenvalue weighted by Crippen LogP contribution is 2.39. The van der Waals surface area contributed by atoms with Crippen LogP contribution in [0.15, 0.2) is 22.8 Å². The maximum absolute atomic E-state index is 12.6. The molecule has 26 heavy (non-hydrogen) atoms. The molecule has 1 saturated heterocycles. The summed E-state index contributed by atoms with van der Waals surface area (Å²) < 4.78 is 11.3. The van der Waals surface area contributed by atoms with Crippen molar-refractivity contribution in [1.29, 1.82) is 0 Å². The molecule has 2 unspecified atom stereocenters. The zero-order chi connectivity index (χ0) is 19.5. The smallest absolute Gasteiger partial charge is 0.410 e. The lowest BCUT2D eigenvalue weighted by molar-refractivity contribution is -0.157. The molecule has 1 aliphatic heterocycles. The van der Waals surface area contributed by atoms with E-state index in [0.29, 0.717) is 25.8 Å². The Kier molecular flexibility index (Phi) is 6.32. The molecule has 0 spiro atoms. The zero-order valence-corrected chi connectivity index (χ0v) is 17.6. The lowest BCUT2D eigenvalue weighted by atomic mass is 9.72. The van der Waals surface area contributed by atoms with Gasteiger partial charge in [0.1, 0.15) is 10.2 Å². The minimum absolute atomic E-state index is 0.134. The van der Waals surface area contributed by atoms with Crippen LogP contribution >= 0.6 is 15.9 Å². The second-order valence-electron chi connectivity index (χ2n) is 7.88. The summed E-state index contributed by atoms with van der Waals surface area (Å²) in [4.78, 5) is 31.2. The number of pyridine rings is 1. The lowest BCUT2D eigenvalue weighted by Gasteiger charge is -2.43.